The SMILES string of the molecule is C=C/C=C(Cl)\C(Cl)=C(/C)[C@@H](O)[C@@H](C)O. The molecule has 0 unspecified atom stereocenters. The molecule has 2 atom stereocenters. The van der Waals surface area contributed by atoms with E-state index in [1.807, 2.05) is 0 Å². The van der Waals surface area contributed by atoms with Crippen LogP contribution in [-0.4, -0.2) is 22.4 Å². The molecule has 0 saturated heterocycles. The van der Waals surface area contributed by atoms with Crippen LogP contribution in [0.15, 0.2) is 34.4 Å². The Morgan fingerprint density at radius 2 is 1.86 bits per heavy atom. The zero-order chi connectivity index (χ0) is 11.3. The van der Waals surface area contributed by atoms with E-state index in [1.165, 1.54) is 19.1 Å². The first kappa shape index (κ1) is 13.7. The van der Waals surface area contributed by atoms with Crippen LogP contribution in [0.5, 0.6) is 0 Å². The van der Waals surface area contributed by atoms with Gasteiger partial charge in [-0.1, -0.05) is 35.9 Å². The van der Waals surface area contributed by atoms with Crippen molar-refractivity contribution < 1.29 is 10.2 Å². The summed E-state index contributed by atoms with van der Waals surface area (Å²) in [5.41, 5.74) is 0.435. The molecule has 0 amide bonds. The van der Waals surface area contributed by atoms with Gasteiger partial charge < -0.3 is 10.2 Å². The van der Waals surface area contributed by atoms with Crippen molar-refractivity contribution in [3.05, 3.63) is 34.4 Å². The summed E-state index contributed by atoms with van der Waals surface area (Å²) in [5, 5.41) is 19.1. The van der Waals surface area contributed by atoms with E-state index in [0.29, 0.717) is 10.6 Å². The van der Waals surface area contributed by atoms with Crippen LogP contribution in [0.4, 0.5) is 0 Å². The van der Waals surface area contributed by atoms with Crippen LogP contribution < -0.4 is 0 Å². The lowest BCUT2D eigenvalue weighted by atomic mass is 10.1. The highest BCUT2D eigenvalue weighted by atomic mass is 35.5. The molecule has 4 heteroatoms. The van der Waals surface area contributed by atoms with Gasteiger partial charge in [0.2, 0.25) is 0 Å². The third kappa shape index (κ3) is 3.84. The standard InChI is InChI=1S/C10H14Cl2O2/c1-4-5-8(11)9(12)6(2)10(14)7(3)13/h4-5,7,10,13-14H,1H2,2-3H3/b8-5+,9-6-/t7-,10-/m1/s1. The van der Waals surface area contributed by atoms with Crippen LogP contribution in [0.3, 0.4) is 0 Å². The summed E-state index contributed by atoms with van der Waals surface area (Å²) >= 11 is 11.6. The summed E-state index contributed by atoms with van der Waals surface area (Å²) in [4.78, 5) is 0. The van der Waals surface area contributed by atoms with Crippen molar-refractivity contribution in [1.29, 1.82) is 0 Å². The van der Waals surface area contributed by atoms with Crippen molar-refractivity contribution in [3.8, 4) is 0 Å². The van der Waals surface area contributed by atoms with Gasteiger partial charge in [0, 0.05) is 0 Å². The molecule has 0 spiro atoms. The van der Waals surface area contributed by atoms with E-state index in [-0.39, 0.29) is 5.03 Å². The molecular weight excluding hydrogens is 223 g/mol. The number of aliphatic hydroxyl groups excluding tert-OH is 2. The second kappa shape index (κ2) is 6.25. The first-order valence-electron chi connectivity index (χ1n) is 4.12. The number of aliphatic hydroxyl groups is 2. The molecular formula is C10H14Cl2O2. The fourth-order valence-corrected chi connectivity index (χ4v) is 1.27. The molecule has 0 fully saturated rings. The van der Waals surface area contributed by atoms with Crippen molar-refractivity contribution in [2.75, 3.05) is 0 Å². The predicted octanol–water partition coefficient (Wildman–Crippen LogP) is 2.55. The summed E-state index contributed by atoms with van der Waals surface area (Å²) in [6.07, 6.45) is 1.13. The summed E-state index contributed by atoms with van der Waals surface area (Å²) in [5.74, 6) is 0. The predicted molar refractivity (Wildman–Crippen MR) is 60.4 cm³/mol. The molecule has 0 aromatic carbocycles. The Kier molecular flexibility index (Phi) is 6.12. The quantitative estimate of drug-likeness (QED) is 0.737. The normalized spacial score (nSPS) is 18.6. The molecule has 0 saturated carbocycles. The largest absolute Gasteiger partial charge is 0.390 e. The van der Waals surface area contributed by atoms with Gasteiger partial charge in [-0.25, -0.2) is 0 Å². The van der Waals surface area contributed by atoms with E-state index >= 15 is 0 Å². The van der Waals surface area contributed by atoms with E-state index in [4.69, 9.17) is 28.3 Å². The van der Waals surface area contributed by atoms with Crippen molar-refractivity contribution >= 4 is 23.2 Å². The van der Waals surface area contributed by atoms with Gasteiger partial charge in [0.1, 0.15) is 6.10 Å². The Morgan fingerprint density at radius 1 is 1.36 bits per heavy atom. The lowest BCUT2D eigenvalue weighted by molar-refractivity contribution is 0.0545. The lowest BCUT2D eigenvalue weighted by Crippen LogP contribution is -2.24. The maximum absolute atomic E-state index is 9.48. The van der Waals surface area contributed by atoms with Crippen LogP contribution in [0.2, 0.25) is 0 Å². The van der Waals surface area contributed by atoms with Crippen molar-refractivity contribution in [1.82, 2.24) is 0 Å². The van der Waals surface area contributed by atoms with Gasteiger partial charge in [-0.15, -0.1) is 0 Å². The van der Waals surface area contributed by atoms with E-state index in [1.54, 1.807) is 6.92 Å². The summed E-state index contributed by atoms with van der Waals surface area (Å²) in [6, 6.07) is 0. The Bertz CT molecular complexity index is 267. The van der Waals surface area contributed by atoms with Crippen molar-refractivity contribution in [2.45, 2.75) is 26.1 Å². The lowest BCUT2D eigenvalue weighted by Gasteiger charge is -2.15. The monoisotopic (exact) mass is 236 g/mol. The molecule has 0 aromatic rings. The first-order chi connectivity index (χ1) is 6.41. The van der Waals surface area contributed by atoms with Crippen molar-refractivity contribution in [3.63, 3.8) is 0 Å². The molecule has 0 aliphatic rings. The molecule has 0 bridgehead atoms. The fourth-order valence-electron chi connectivity index (χ4n) is 0.857. The van der Waals surface area contributed by atoms with E-state index < -0.39 is 12.2 Å². The Morgan fingerprint density at radius 3 is 2.21 bits per heavy atom. The molecule has 0 radical (unpaired) electrons. The minimum absolute atomic E-state index is 0.236. The molecule has 14 heavy (non-hydrogen) atoms. The average molecular weight is 237 g/mol. The number of rotatable bonds is 4. The van der Waals surface area contributed by atoms with Crippen LogP contribution in [0.1, 0.15) is 13.8 Å². The average Bonchev–Trinajstić information content (AvgIpc) is 2.14. The number of allylic oxidation sites excluding steroid dienone is 4. The van der Waals surface area contributed by atoms with Crippen LogP contribution in [-0.2, 0) is 0 Å². The number of hydrogen-bond acceptors (Lipinski definition) is 2. The van der Waals surface area contributed by atoms with Gasteiger partial charge >= 0.3 is 0 Å². The van der Waals surface area contributed by atoms with Crippen molar-refractivity contribution in [2.24, 2.45) is 0 Å². The van der Waals surface area contributed by atoms with Crippen LogP contribution >= 0.6 is 23.2 Å². The van der Waals surface area contributed by atoms with Gasteiger partial charge in [0.05, 0.1) is 16.2 Å². The Hall–Kier alpha value is -0.280. The highest BCUT2D eigenvalue weighted by molar-refractivity contribution is 6.44. The minimum Gasteiger partial charge on any atom is -0.390 e. The molecule has 0 rings (SSSR count). The zero-order valence-electron chi connectivity index (χ0n) is 8.17. The van der Waals surface area contributed by atoms with E-state index in [0.717, 1.165) is 0 Å². The number of halogens is 2. The Balaban J connectivity index is 4.92. The van der Waals surface area contributed by atoms with Gasteiger partial charge in [0.25, 0.3) is 0 Å². The summed E-state index contributed by atoms with van der Waals surface area (Å²) in [6.45, 7) is 6.55. The number of hydrogen-bond donors (Lipinski definition) is 2. The molecule has 0 aliphatic heterocycles. The molecule has 80 valence electrons. The van der Waals surface area contributed by atoms with Gasteiger partial charge in [-0.05, 0) is 25.5 Å². The van der Waals surface area contributed by atoms with E-state index in [9.17, 15) is 5.11 Å². The minimum atomic E-state index is -1.01. The molecule has 2 N–H and O–H groups in total. The molecule has 0 heterocycles. The van der Waals surface area contributed by atoms with Gasteiger partial charge in [0.15, 0.2) is 0 Å². The molecule has 0 aliphatic carbocycles. The van der Waals surface area contributed by atoms with Crippen LogP contribution in [0.25, 0.3) is 0 Å². The molecule has 2 nitrogen and oxygen atoms in total. The highest BCUT2D eigenvalue weighted by Crippen LogP contribution is 2.25. The second-order valence-corrected chi connectivity index (χ2v) is 3.72. The Labute approximate surface area is 94.1 Å². The van der Waals surface area contributed by atoms with Gasteiger partial charge in [-0.2, -0.15) is 0 Å². The smallest absolute Gasteiger partial charge is 0.102 e. The zero-order valence-corrected chi connectivity index (χ0v) is 9.68. The van der Waals surface area contributed by atoms with Crippen LogP contribution in [0, 0.1) is 0 Å². The topological polar surface area (TPSA) is 40.5 Å². The third-order valence-corrected chi connectivity index (χ3v) is 2.63. The summed E-state index contributed by atoms with van der Waals surface area (Å²) in [7, 11) is 0. The third-order valence-electron chi connectivity index (χ3n) is 1.72. The first-order valence-corrected chi connectivity index (χ1v) is 4.88. The molecule has 0 aromatic heterocycles. The van der Waals surface area contributed by atoms with Gasteiger partial charge in [-0.3, -0.25) is 0 Å². The second-order valence-electron chi connectivity index (χ2n) is 2.93. The fraction of sp³-hybridized carbons (Fsp3) is 0.400. The highest BCUT2D eigenvalue weighted by Gasteiger charge is 2.16. The summed E-state index contributed by atoms with van der Waals surface area (Å²) < 4.78 is 0. The van der Waals surface area contributed by atoms with E-state index in [2.05, 4.69) is 6.58 Å². The maximum atomic E-state index is 9.48. The maximum Gasteiger partial charge on any atom is 0.102 e.